The van der Waals surface area contributed by atoms with Crippen molar-refractivity contribution in [3.05, 3.63) is 30.0 Å². The van der Waals surface area contributed by atoms with E-state index in [4.69, 9.17) is 0 Å². The molecule has 0 unspecified atom stereocenters. The highest BCUT2D eigenvalue weighted by Gasteiger charge is 2.12. The number of Topliss-reactive ketones (excluding diaryl/α,β-unsaturated/α-hetero) is 1. The van der Waals surface area contributed by atoms with Gasteiger partial charge in [0.2, 0.25) is 0 Å². The zero-order valence-electron chi connectivity index (χ0n) is 13.3. The molecule has 3 heteroatoms. The lowest BCUT2D eigenvalue weighted by atomic mass is 10.0. The first kappa shape index (κ1) is 15.7. The van der Waals surface area contributed by atoms with Gasteiger partial charge in [-0.3, -0.25) is 9.48 Å². The number of ketones is 1. The molecule has 2 aromatic rings. The summed E-state index contributed by atoms with van der Waals surface area (Å²) in [5.74, 6) is 0.318. The number of para-hydroxylation sites is 1. The Labute approximate surface area is 127 Å². The summed E-state index contributed by atoms with van der Waals surface area (Å²) in [7, 11) is 0. The Morgan fingerprint density at radius 2 is 1.86 bits per heavy atom. The van der Waals surface area contributed by atoms with Crippen LogP contribution in [-0.4, -0.2) is 15.6 Å². The minimum Gasteiger partial charge on any atom is -0.299 e. The molecule has 0 bridgehead atoms. The van der Waals surface area contributed by atoms with E-state index in [1.807, 2.05) is 16.8 Å². The summed E-state index contributed by atoms with van der Waals surface area (Å²) >= 11 is 0. The van der Waals surface area contributed by atoms with E-state index in [9.17, 15) is 4.79 Å². The number of fused-ring (bicyclic) bond motifs is 1. The summed E-state index contributed by atoms with van der Waals surface area (Å²) in [6, 6.07) is 8.18. The number of nitrogens with zero attached hydrogens (tertiary/aromatic N) is 2. The molecule has 0 N–H and O–H groups in total. The van der Waals surface area contributed by atoms with Gasteiger partial charge < -0.3 is 0 Å². The molecule has 2 rings (SSSR count). The van der Waals surface area contributed by atoms with Crippen LogP contribution in [-0.2, 0) is 17.8 Å². The third-order valence-corrected chi connectivity index (χ3v) is 3.96. The van der Waals surface area contributed by atoms with Gasteiger partial charge in [-0.15, -0.1) is 0 Å². The molecule has 0 saturated heterocycles. The number of carbonyl (C=O) groups is 1. The number of hydrogen-bond acceptors (Lipinski definition) is 2. The first-order chi connectivity index (χ1) is 10.3. The zero-order chi connectivity index (χ0) is 15.1. The lowest BCUT2D eigenvalue weighted by molar-refractivity contribution is -0.118. The molecular formula is C18H26N2O. The van der Waals surface area contributed by atoms with Gasteiger partial charge in [0.1, 0.15) is 5.78 Å². The number of rotatable bonds is 9. The van der Waals surface area contributed by atoms with Gasteiger partial charge in [-0.1, -0.05) is 50.8 Å². The van der Waals surface area contributed by atoms with Gasteiger partial charge in [-0.05, 0) is 19.4 Å². The number of hydrogen-bond donors (Lipinski definition) is 0. The van der Waals surface area contributed by atoms with Crippen LogP contribution < -0.4 is 0 Å². The van der Waals surface area contributed by atoms with E-state index >= 15 is 0 Å². The highest BCUT2D eigenvalue weighted by atomic mass is 16.1. The maximum atomic E-state index is 12.1. The molecule has 3 nitrogen and oxygen atoms in total. The molecular weight excluding hydrogens is 260 g/mol. The molecule has 0 atom stereocenters. The van der Waals surface area contributed by atoms with Crippen LogP contribution in [0.1, 0.15) is 58.1 Å². The van der Waals surface area contributed by atoms with Crippen LogP contribution in [0.15, 0.2) is 24.3 Å². The Kier molecular flexibility index (Phi) is 5.97. The molecule has 0 aliphatic rings. The van der Waals surface area contributed by atoms with Crippen molar-refractivity contribution in [3.8, 4) is 0 Å². The molecule has 0 radical (unpaired) electrons. The summed E-state index contributed by atoms with van der Waals surface area (Å²) in [5.41, 5.74) is 2.07. The standard InChI is InChI=1S/C18H26N2O/c1-3-5-6-7-8-11-15(21)14-17-16-12-9-10-13-18(16)20(4-2)19-17/h9-10,12-13H,3-8,11,14H2,1-2H3. The zero-order valence-corrected chi connectivity index (χ0v) is 13.3. The number of carbonyl (C=O) groups excluding carboxylic acids is 1. The highest BCUT2D eigenvalue weighted by Crippen LogP contribution is 2.19. The van der Waals surface area contributed by atoms with E-state index in [2.05, 4.69) is 31.1 Å². The number of aryl methyl sites for hydroxylation is 1. The molecule has 0 spiro atoms. The SMILES string of the molecule is CCCCCCCC(=O)Cc1nn(CC)c2ccccc12. The van der Waals surface area contributed by atoms with Gasteiger partial charge in [0, 0.05) is 18.4 Å². The lowest BCUT2D eigenvalue weighted by Crippen LogP contribution is -2.04. The van der Waals surface area contributed by atoms with Gasteiger partial charge in [-0.2, -0.15) is 5.10 Å². The minimum absolute atomic E-state index is 0.318. The third kappa shape index (κ3) is 4.16. The highest BCUT2D eigenvalue weighted by molar-refractivity contribution is 5.88. The van der Waals surface area contributed by atoms with Gasteiger partial charge >= 0.3 is 0 Å². The van der Waals surface area contributed by atoms with Crippen molar-refractivity contribution in [3.63, 3.8) is 0 Å². The number of unbranched alkanes of at least 4 members (excludes halogenated alkanes) is 4. The fourth-order valence-corrected chi connectivity index (χ4v) is 2.77. The summed E-state index contributed by atoms with van der Waals surface area (Å²) in [4.78, 5) is 12.1. The van der Waals surface area contributed by atoms with E-state index < -0.39 is 0 Å². The normalized spacial score (nSPS) is 11.1. The van der Waals surface area contributed by atoms with Crippen LogP contribution in [0, 0.1) is 0 Å². The van der Waals surface area contributed by atoms with Crippen LogP contribution in [0.25, 0.3) is 10.9 Å². The molecule has 21 heavy (non-hydrogen) atoms. The topological polar surface area (TPSA) is 34.9 Å². The van der Waals surface area contributed by atoms with E-state index in [1.54, 1.807) is 0 Å². The van der Waals surface area contributed by atoms with Crippen LogP contribution >= 0.6 is 0 Å². The fourth-order valence-electron chi connectivity index (χ4n) is 2.77. The average molecular weight is 286 g/mol. The average Bonchev–Trinajstić information content (AvgIpc) is 2.85. The summed E-state index contributed by atoms with van der Waals surface area (Å²) in [6.07, 6.45) is 7.12. The second-order valence-electron chi connectivity index (χ2n) is 5.66. The molecule has 114 valence electrons. The number of benzene rings is 1. The van der Waals surface area contributed by atoms with E-state index in [1.165, 1.54) is 25.7 Å². The molecule has 0 fully saturated rings. The minimum atomic E-state index is 0.318. The first-order valence-electron chi connectivity index (χ1n) is 8.22. The van der Waals surface area contributed by atoms with Crippen LogP contribution in [0.4, 0.5) is 0 Å². The first-order valence-corrected chi connectivity index (χ1v) is 8.22. The maximum absolute atomic E-state index is 12.1. The second kappa shape index (κ2) is 7.96. The molecule has 0 aliphatic heterocycles. The maximum Gasteiger partial charge on any atom is 0.138 e. The van der Waals surface area contributed by atoms with Crippen LogP contribution in [0.5, 0.6) is 0 Å². The molecule has 0 amide bonds. The second-order valence-corrected chi connectivity index (χ2v) is 5.66. The monoisotopic (exact) mass is 286 g/mol. The van der Waals surface area contributed by atoms with Crippen molar-refractivity contribution in [2.24, 2.45) is 0 Å². The smallest absolute Gasteiger partial charge is 0.138 e. The van der Waals surface area contributed by atoms with E-state index in [0.717, 1.165) is 29.6 Å². The molecule has 1 aromatic heterocycles. The predicted octanol–water partition coefficient (Wildman–Crippen LogP) is 4.53. The van der Waals surface area contributed by atoms with Crippen molar-refractivity contribution in [1.82, 2.24) is 9.78 Å². The fraction of sp³-hybridized carbons (Fsp3) is 0.556. The van der Waals surface area contributed by atoms with Crippen molar-refractivity contribution in [2.75, 3.05) is 0 Å². The van der Waals surface area contributed by atoms with E-state index in [-0.39, 0.29) is 0 Å². The lowest BCUT2D eigenvalue weighted by Gasteiger charge is -2.00. The Morgan fingerprint density at radius 1 is 1.10 bits per heavy atom. The van der Waals surface area contributed by atoms with Crippen LogP contribution in [0.3, 0.4) is 0 Å². The predicted molar refractivity (Wildman–Crippen MR) is 87.5 cm³/mol. The number of aromatic nitrogens is 2. The summed E-state index contributed by atoms with van der Waals surface area (Å²) < 4.78 is 1.99. The quantitative estimate of drug-likeness (QED) is 0.635. The Balaban J connectivity index is 1.95. The Bertz CT molecular complexity index is 586. The van der Waals surface area contributed by atoms with E-state index in [0.29, 0.717) is 18.6 Å². The summed E-state index contributed by atoms with van der Waals surface area (Å²) in [5, 5.41) is 5.73. The van der Waals surface area contributed by atoms with Crippen molar-refractivity contribution in [2.45, 2.75) is 65.3 Å². The Morgan fingerprint density at radius 3 is 2.62 bits per heavy atom. The van der Waals surface area contributed by atoms with Crippen molar-refractivity contribution >= 4 is 16.7 Å². The molecule has 1 heterocycles. The molecule has 0 aliphatic carbocycles. The summed E-state index contributed by atoms with van der Waals surface area (Å²) in [6.45, 7) is 5.13. The van der Waals surface area contributed by atoms with Crippen molar-refractivity contribution < 1.29 is 4.79 Å². The van der Waals surface area contributed by atoms with Crippen molar-refractivity contribution in [1.29, 1.82) is 0 Å². The van der Waals surface area contributed by atoms with Gasteiger partial charge in [-0.25, -0.2) is 0 Å². The van der Waals surface area contributed by atoms with Gasteiger partial charge in [0.15, 0.2) is 0 Å². The van der Waals surface area contributed by atoms with Gasteiger partial charge in [0.25, 0.3) is 0 Å². The molecule has 1 aromatic carbocycles. The van der Waals surface area contributed by atoms with Crippen LogP contribution in [0.2, 0.25) is 0 Å². The third-order valence-electron chi connectivity index (χ3n) is 3.96. The Hall–Kier alpha value is -1.64. The molecule has 0 saturated carbocycles. The largest absolute Gasteiger partial charge is 0.299 e. The van der Waals surface area contributed by atoms with Gasteiger partial charge in [0.05, 0.1) is 17.6 Å².